The molecule has 2 rings (SSSR count). The van der Waals surface area contributed by atoms with Gasteiger partial charge in [0, 0.05) is 19.0 Å². The molecular formula is C13H24N4. The van der Waals surface area contributed by atoms with Gasteiger partial charge in [-0.05, 0) is 26.2 Å². The van der Waals surface area contributed by atoms with Crippen LogP contribution in [0.15, 0.2) is 0 Å². The Balaban J connectivity index is 2.01. The topological polar surface area (TPSA) is 42.7 Å². The van der Waals surface area contributed by atoms with Crippen molar-refractivity contribution in [1.29, 1.82) is 0 Å². The second-order valence-electron chi connectivity index (χ2n) is 5.01. The van der Waals surface area contributed by atoms with Crippen molar-refractivity contribution >= 4 is 0 Å². The molecule has 4 heteroatoms. The lowest BCUT2D eigenvalue weighted by molar-refractivity contribution is 0.399. The molecule has 0 fully saturated rings. The lowest BCUT2D eigenvalue weighted by atomic mass is 10.1. The highest BCUT2D eigenvalue weighted by atomic mass is 15.3. The quantitative estimate of drug-likeness (QED) is 0.825. The van der Waals surface area contributed by atoms with Crippen LogP contribution in [0.3, 0.4) is 0 Å². The zero-order valence-electron chi connectivity index (χ0n) is 11.2. The minimum absolute atomic E-state index is 0.311. The van der Waals surface area contributed by atoms with Gasteiger partial charge in [-0.1, -0.05) is 20.3 Å². The predicted molar refractivity (Wildman–Crippen MR) is 68.9 cm³/mol. The fraction of sp³-hybridized carbons (Fsp3) is 0.846. The van der Waals surface area contributed by atoms with Crippen LogP contribution in [0.25, 0.3) is 0 Å². The molecule has 17 heavy (non-hydrogen) atoms. The average molecular weight is 236 g/mol. The minimum Gasteiger partial charge on any atom is -0.314 e. The molecule has 0 amide bonds. The van der Waals surface area contributed by atoms with Crippen LogP contribution in [-0.4, -0.2) is 20.8 Å². The van der Waals surface area contributed by atoms with E-state index in [4.69, 9.17) is 0 Å². The van der Waals surface area contributed by atoms with Crippen LogP contribution < -0.4 is 5.32 Å². The van der Waals surface area contributed by atoms with Crippen LogP contribution in [0.4, 0.5) is 0 Å². The first-order valence-corrected chi connectivity index (χ1v) is 6.94. The number of aromatic nitrogens is 3. The number of nitrogens with one attached hydrogen (secondary N) is 1. The van der Waals surface area contributed by atoms with Crippen LogP contribution in [0, 0.1) is 0 Å². The summed E-state index contributed by atoms with van der Waals surface area (Å²) in [6, 6.07) is 0.912. The maximum absolute atomic E-state index is 4.34. The lowest BCUT2D eigenvalue weighted by Crippen LogP contribution is -2.32. The highest BCUT2D eigenvalue weighted by Gasteiger charge is 2.22. The molecule has 0 aliphatic carbocycles. The first kappa shape index (κ1) is 12.6. The Hall–Kier alpha value is -0.900. The van der Waals surface area contributed by atoms with Crippen molar-refractivity contribution in [2.45, 2.75) is 71.5 Å². The van der Waals surface area contributed by atoms with Crippen LogP contribution in [0.2, 0.25) is 0 Å². The van der Waals surface area contributed by atoms with Gasteiger partial charge in [-0.3, -0.25) is 0 Å². The van der Waals surface area contributed by atoms with E-state index in [2.05, 4.69) is 40.9 Å². The first-order valence-electron chi connectivity index (χ1n) is 6.94. The smallest absolute Gasteiger partial charge is 0.149 e. The molecular weight excluding hydrogens is 212 g/mol. The van der Waals surface area contributed by atoms with E-state index in [1.165, 1.54) is 25.7 Å². The second-order valence-corrected chi connectivity index (χ2v) is 5.01. The maximum Gasteiger partial charge on any atom is 0.149 e. The minimum atomic E-state index is 0.311. The number of hydrogen-bond acceptors (Lipinski definition) is 3. The van der Waals surface area contributed by atoms with Crippen molar-refractivity contribution in [1.82, 2.24) is 20.1 Å². The molecule has 96 valence electrons. The Labute approximate surface area is 104 Å². The van der Waals surface area contributed by atoms with Gasteiger partial charge in [0.15, 0.2) is 0 Å². The maximum atomic E-state index is 4.34. The fourth-order valence-corrected chi connectivity index (χ4v) is 2.68. The van der Waals surface area contributed by atoms with E-state index >= 15 is 0 Å². The molecule has 1 aliphatic heterocycles. The second kappa shape index (κ2) is 5.63. The van der Waals surface area contributed by atoms with E-state index in [1.807, 2.05) is 0 Å². The van der Waals surface area contributed by atoms with Crippen molar-refractivity contribution < 1.29 is 0 Å². The fourth-order valence-electron chi connectivity index (χ4n) is 2.68. The van der Waals surface area contributed by atoms with Crippen molar-refractivity contribution in [2.75, 3.05) is 0 Å². The predicted octanol–water partition coefficient (Wildman–Crippen LogP) is 2.45. The molecule has 1 aromatic rings. The number of fused-ring (bicyclic) bond motifs is 1. The molecule has 0 aromatic carbocycles. The summed E-state index contributed by atoms with van der Waals surface area (Å²) in [5, 5.41) is 12.3. The Morgan fingerprint density at radius 2 is 2.18 bits per heavy atom. The SMILES string of the molecule is CCCC(CC)NC(C)c1nnc2n1CCC2. The van der Waals surface area contributed by atoms with E-state index in [-0.39, 0.29) is 0 Å². The van der Waals surface area contributed by atoms with E-state index in [0.717, 1.165) is 24.6 Å². The van der Waals surface area contributed by atoms with Crippen molar-refractivity contribution in [3.8, 4) is 0 Å². The molecule has 0 saturated heterocycles. The number of hydrogen-bond donors (Lipinski definition) is 1. The number of rotatable bonds is 6. The van der Waals surface area contributed by atoms with Gasteiger partial charge in [0.2, 0.25) is 0 Å². The van der Waals surface area contributed by atoms with Crippen molar-refractivity contribution in [3.05, 3.63) is 11.6 Å². The first-order chi connectivity index (χ1) is 8.26. The van der Waals surface area contributed by atoms with Gasteiger partial charge in [-0.15, -0.1) is 10.2 Å². The van der Waals surface area contributed by atoms with Crippen LogP contribution in [-0.2, 0) is 13.0 Å². The van der Waals surface area contributed by atoms with Gasteiger partial charge in [0.25, 0.3) is 0 Å². The largest absolute Gasteiger partial charge is 0.314 e. The summed E-state index contributed by atoms with van der Waals surface area (Å²) in [5.74, 6) is 2.28. The Kier molecular flexibility index (Phi) is 4.15. The molecule has 1 aliphatic rings. The van der Waals surface area contributed by atoms with Gasteiger partial charge in [0.05, 0.1) is 6.04 Å². The van der Waals surface area contributed by atoms with E-state index in [0.29, 0.717) is 12.1 Å². The third-order valence-electron chi connectivity index (χ3n) is 3.64. The van der Waals surface area contributed by atoms with Crippen molar-refractivity contribution in [2.24, 2.45) is 0 Å². The van der Waals surface area contributed by atoms with E-state index in [1.54, 1.807) is 0 Å². The molecule has 0 radical (unpaired) electrons. The molecule has 0 bridgehead atoms. The summed E-state index contributed by atoms with van der Waals surface area (Å²) in [5.41, 5.74) is 0. The molecule has 4 nitrogen and oxygen atoms in total. The van der Waals surface area contributed by atoms with Gasteiger partial charge in [0.1, 0.15) is 11.6 Å². The highest BCUT2D eigenvalue weighted by Crippen LogP contribution is 2.20. The average Bonchev–Trinajstić information content (AvgIpc) is 2.89. The van der Waals surface area contributed by atoms with Crippen LogP contribution >= 0.6 is 0 Å². The summed E-state index contributed by atoms with van der Waals surface area (Å²) in [6.45, 7) is 7.78. The van der Waals surface area contributed by atoms with Crippen molar-refractivity contribution in [3.63, 3.8) is 0 Å². The molecule has 0 spiro atoms. The molecule has 0 saturated carbocycles. The van der Waals surface area contributed by atoms with Gasteiger partial charge < -0.3 is 9.88 Å². The lowest BCUT2D eigenvalue weighted by Gasteiger charge is -2.21. The zero-order chi connectivity index (χ0) is 12.3. The summed E-state index contributed by atoms with van der Waals surface area (Å²) in [7, 11) is 0. The molecule has 1 N–H and O–H groups in total. The van der Waals surface area contributed by atoms with Crippen LogP contribution in [0.5, 0.6) is 0 Å². The molecule has 2 atom stereocenters. The zero-order valence-corrected chi connectivity index (χ0v) is 11.2. The van der Waals surface area contributed by atoms with E-state index < -0.39 is 0 Å². The summed E-state index contributed by atoms with van der Waals surface area (Å²) in [6.07, 6.45) is 5.96. The van der Waals surface area contributed by atoms with E-state index in [9.17, 15) is 0 Å². The highest BCUT2D eigenvalue weighted by molar-refractivity contribution is 5.04. The third kappa shape index (κ3) is 2.68. The number of nitrogens with zero attached hydrogens (tertiary/aromatic N) is 3. The normalized spacial score (nSPS) is 18.1. The molecule has 2 heterocycles. The Morgan fingerprint density at radius 1 is 1.35 bits per heavy atom. The molecule has 2 unspecified atom stereocenters. The third-order valence-corrected chi connectivity index (χ3v) is 3.64. The Bertz CT molecular complexity index is 358. The summed E-state index contributed by atoms with van der Waals surface area (Å²) >= 11 is 0. The van der Waals surface area contributed by atoms with Gasteiger partial charge >= 0.3 is 0 Å². The summed E-state index contributed by atoms with van der Waals surface area (Å²) in [4.78, 5) is 0. The van der Waals surface area contributed by atoms with Gasteiger partial charge in [-0.2, -0.15) is 0 Å². The Morgan fingerprint density at radius 3 is 2.88 bits per heavy atom. The molecule has 1 aromatic heterocycles. The van der Waals surface area contributed by atoms with Crippen LogP contribution in [0.1, 0.15) is 64.1 Å². The number of aryl methyl sites for hydroxylation is 1. The summed E-state index contributed by atoms with van der Waals surface area (Å²) < 4.78 is 2.29. The standard InChI is InChI=1S/C13H24N4/c1-4-7-11(5-2)14-10(3)13-16-15-12-8-6-9-17(12)13/h10-11,14H,4-9H2,1-3H3. The monoisotopic (exact) mass is 236 g/mol. The van der Waals surface area contributed by atoms with Gasteiger partial charge in [-0.25, -0.2) is 0 Å².